The van der Waals surface area contributed by atoms with Crippen molar-refractivity contribution < 1.29 is 0 Å². The molecule has 0 aromatic carbocycles. The van der Waals surface area contributed by atoms with E-state index in [1.165, 1.54) is 19.4 Å². The molecule has 2 unspecified atom stereocenters. The van der Waals surface area contributed by atoms with Crippen LogP contribution >= 0.6 is 0 Å². The van der Waals surface area contributed by atoms with E-state index in [0.717, 1.165) is 5.92 Å². The molecule has 1 rings (SSSR count). The number of hydrogen-bond acceptors (Lipinski definition) is 2. The molecule has 0 bridgehead atoms. The molecule has 78 valence electrons. The van der Waals surface area contributed by atoms with Crippen molar-refractivity contribution in [1.29, 1.82) is 0 Å². The highest BCUT2D eigenvalue weighted by Gasteiger charge is 2.29. The first-order valence-electron chi connectivity index (χ1n) is 5.53. The molecule has 0 aromatic heterocycles. The zero-order valence-electron chi connectivity index (χ0n) is 9.46. The van der Waals surface area contributed by atoms with Crippen LogP contribution in [0.5, 0.6) is 0 Å². The molecule has 0 amide bonds. The van der Waals surface area contributed by atoms with E-state index in [1.54, 1.807) is 0 Å². The molecule has 1 heterocycles. The SMILES string of the molecule is CC(C)C1CC(N)CCN1C(C)C. The molecule has 1 saturated heterocycles. The van der Waals surface area contributed by atoms with Crippen LogP contribution in [0.4, 0.5) is 0 Å². The molecule has 0 aliphatic carbocycles. The first kappa shape index (κ1) is 11.0. The van der Waals surface area contributed by atoms with Crippen LogP contribution < -0.4 is 5.73 Å². The second-order valence-corrected chi connectivity index (χ2v) is 4.93. The highest BCUT2D eigenvalue weighted by atomic mass is 15.2. The summed E-state index contributed by atoms with van der Waals surface area (Å²) in [6, 6.07) is 1.80. The highest BCUT2D eigenvalue weighted by molar-refractivity contribution is 4.86. The van der Waals surface area contributed by atoms with Crippen LogP contribution in [0.15, 0.2) is 0 Å². The van der Waals surface area contributed by atoms with Gasteiger partial charge in [-0.05, 0) is 32.6 Å². The lowest BCUT2D eigenvalue weighted by atomic mass is 9.89. The average molecular weight is 184 g/mol. The lowest BCUT2D eigenvalue weighted by Crippen LogP contribution is -2.51. The largest absolute Gasteiger partial charge is 0.328 e. The first-order valence-corrected chi connectivity index (χ1v) is 5.53. The fourth-order valence-corrected chi connectivity index (χ4v) is 2.34. The van der Waals surface area contributed by atoms with Gasteiger partial charge >= 0.3 is 0 Å². The van der Waals surface area contributed by atoms with Gasteiger partial charge in [-0.2, -0.15) is 0 Å². The summed E-state index contributed by atoms with van der Waals surface area (Å²) < 4.78 is 0. The van der Waals surface area contributed by atoms with E-state index in [4.69, 9.17) is 5.73 Å². The number of hydrogen-bond donors (Lipinski definition) is 1. The second kappa shape index (κ2) is 4.43. The van der Waals surface area contributed by atoms with Crippen LogP contribution in [0.1, 0.15) is 40.5 Å². The fourth-order valence-electron chi connectivity index (χ4n) is 2.34. The van der Waals surface area contributed by atoms with Gasteiger partial charge in [0.1, 0.15) is 0 Å². The minimum atomic E-state index is 0.433. The van der Waals surface area contributed by atoms with Crippen molar-refractivity contribution in [3.63, 3.8) is 0 Å². The molecule has 0 spiro atoms. The number of nitrogens with two attached hydrogens (primary N) is 1. The maximum absolute atomic E-state index is 6.00. The molecule has 2 nitrogen and oxygen atoms in total. The minimum absolute atomic E-state index is 0.433. The summed E-state index contributed by atoms with van der Waals surface area (Å²) in [4.78, 5) is 2.61. The Labute approximate surface area is 82.5 Å². The molecule has 2 N–H and O–H groups in total. The van der Waals surface area contributed by atoms with E-state index in [1.807, 2.05) is 0 Å². The van der Waals surface area contributed by atoms with Gasteiger partial charge in [0.15, 0.2) is 0 Å². The molecule has 2 atom stereocenters. The van der Waals surface area contributed by atoms with Gasteiger partial charge < -0.3 is 5.73 Å². The summed E-state index contributed by atoms with van der Waals surface area (Å²) in [6.07, 6.45) is 2.34. The second-order valence-electron chi connectivity index (χ2n) is 4.93. The molecule has 2 heteroatoms. The Bertz CT molecular complexity index is 154. The monoisotopic (exact) mass is 184 g/mol. The number of rotatable bonds is 2. The molecule has 0 saturated carbocycles. The lowest BCUT2D eigenvalue weighted by molar-refractivity contribution is 0.0718. The Balaban J connectivity index is 2.60. The van der Waals surface area contributed by atoms with Gasteiger partial charge in [0.25, 0.3) is 0 Å². The van der Waals surface area contributed by atoms with Gasteiger partial charge in [-0.25, -0.2) is 0 Å². The van der Waals surface area contributed by atoms with Crippen LogP contribution in [-0.2, 0) is 0 Å². The van der Waals surface area contributed by atoms with Crippen molar-refractivity contribution in [2.45, 2.75) is 58.7 Å². The summed E-state index contributed by atoms with van der Waals surface area (Å²) in [5, 5.41) is 0. The van der Waals surface area contributed by atoms with E-state index in [-0.39, 0.29) is 0 Å². The highest BCUT2D eigenvalue weighted by Crippen LogP contribution is 2.24. The van der Waals surface area contributed by atoms with Crippen molar-refractivity contribution in [3.8, 4) is 0 Å². The zero-order chi connectivity index (χ0) is 10.0. The van der Waals surface area contributed by atoms with Crippen LogP contribution in [0, 0.1) is 5.92 Å². The van der Waals surface area contributed by atoms with E-state index in [2.05, 4.69) is 32.6 Å². The Hall–Kier alpha value is -0.0800. The Morgan fingerprint density at radius 2 is 1.85 bits per heavy atom. The molecule has 1 aliphatic rings. The predicted molar refractivity (Wildman–Crippen MR) is 57.7 cm³/mol. The summed E-state index contributed by atoms with van der Waals surface area (Å²) >= 11 is 0. The number of likely N-dealkylation sites (tertiary alicyclic amines) is 1. The third kappa shape index (κ3) is 2.68. The van der Waals surface area contributed by atoms with Gasteiger partial charge in [-0.15, -0.1) is 0 Å². The summed E-state index contributed by atoms with van der Waals surface area (Å²) in [6.45, 7) is 10.4. The summed E-state index contributed by atoms with van der Waals surface area (Å²) in [5.41, 5.74) is 6.00. The van der Waals surface area contributed by atoms with Gasteiger partial charge in [0.05, 0.1) is 0 Å². The number of nitrogens with zero attached hydrogens (tertiary/aromatic N) is 1. The van der Waals surface area contributed by atoms with Crippen LogP contribution in [0.2, 0.25) is 0 Å². The Kier molecular flexibility index (Phi) is 3.74. The van der Waals surface area contributed by atoms with Crippen molar-refractivity contribution in [2.75, 3.05) is 6.54 Å². The quantitative estimate of drug-likeness (QED) is 0.709. The minimum Gasteiger partial charge on any atom is -0.328 e. The zero-order valence-corrected chi connectivity index (χ0v) is 9.46. The van der Waals surface area contributed by atoms with E-state index in [9.17, 15) is 0 Å². The van der Waals surface area contributed by atoms with Gasteiger partial charge in [0.2, 0.25) is 0 Å². The maximum atomic E-state index is 6.00. The Morgan fingerprint density at radius 3 is 2.31 bits per heavy atom. The van der Waals surface area contributed by atoms with Gasteiger partial charge in [0, 0.05) is 24.7 Å². The smallest absolute Gasteiger partial charge is 0.0136 e. The molecule has 0 aromatic rings. The third-order valence-corrected chi connectivity index (χ3v) is 3.16. The standard InChI is InChI=1S/C11H24N2/c1-8(2)11-7-10(12)5-6-13(11)9(3)4/h8-11H,5-7,12H2,1-4H3. The predicted octanol–water partition coefficient (Wildman–Crippen LogP) is 1.84. The fraction of sp³-hybridized carbons (Fsp3) is 1.00. The van der Waals surface area contributed by atoms with Gasteiger partial charge in [-0.3, -0.25) is 4.90 Å². The van der Waals surface area contributed by atoms with Gasteiger partial charge in [-0.1, -0.05) is 13.8 Å². The van der Waals surface area contributed by atoms with Crippen molar-refractivity contribution in [1.82, 2.24) is 4.90 Å². The van der Waals surface area contributed by atoms with E-state index < -0.39 is 0 Å². The molecular weight excluding hydrogens is 160 g/mol. The Morgan fingerprint density at radius 1 is 1.23 bits per heavy atom. The first-order chi connectivity index (χ1) is 6.02. The molecule has 0 radical (unpaired) electrons. The summed E-state index contributed by atoms with van der Waals surface area (Å²) in [5.74, 6) is 0.730. The molecular formula is C11H24N2. The lowest BCUT2D eigenvalue weighted by Gasteiger charge is -2.43. The van der Waals surface area contributed by atoms with Crippen LogP contribution in [-0.4, -0.2) is 29.6 Å². The third-order valence-electron chi connectivity index (χ3n) is 3.16. The molecule has 13 heavy (non-hydrogen) atoms. The number of piperidine rings is 1. The van der Waals surface area contributed by atoms with Crippen LogP contribution in [0.25, 0.3) is 0 Å². The molecule has 1 fully saturated rings. The van der Waals surface area contributed by atoms with Crippen molar-refractivity contribution >= 4 is 0 Å². The van der Waals surface area contributed by atoms with E-state index in [0.29, 0.717) is 18.1 Å². The molecule has 1 aliphatic heterocycles. The maximum Gasteiger partial charge on any atom is 0.0136 e. The van der Waals surface area contributed by atoms with Crippen molar-refractivity contribution in [3.05, 3.63) is 0 Å². The van der Waals surface area contributed by atoms with Crippen LogP contribution in [0.3, 0.4) is 0 Å². The summed E-state index contributed by atoms with van der Waals surface area (Å²) in [7, 11) is 0. The average Bonchev–Trinajstić information content (AvgIpc) is 2.03. The topological polar surface area (TPSA) is 29.3 Å². The normalized spacial score (nSPS) is 31.6. The van der Waals surface area contributed by atoms with Crippen molar-refractivity contribution in [2.24, 2.45) is 11.7 Å². The van der Waals surface area contributed by atoms with E-state index >= 15 is 0 Å².